The van der Waals surface area contributed by atoms with E-state index in [4.69, 9.17) is 4.74 Å². The SMILES string of the molecule is COCCN(CCC(=O)OC)S(=O)(=O)c1ccccc1. The molecule has 112 valence electrons. The van der Waals surface area contributed by atoms with E-state index in [1.54, 1.807) is 18.2 Å². The van der Waals surface area contributed by atoms with E-state index in [0.717, 1.165) is 0 Å². The summed E-state index contributed by atoms with van der Waals surface area (Å²) in [6, 6.07) is 8.09. The molecule has 0 aliphatic heterocycles. The summed E-state index contributed by atoms with van der Waals surface area (Å²) >= 11 is 0. The lowest BCUT2D eigenvalue weighted by Crippen LogP contribution is -2.35. The van der Waals surface area contributed by atoms with Gasteiger partial charge in [-0.1, -0.05) is 18.2 Å². The average molecular weight is 301 g/mol. The van der Waals surface area contributed by atoms with Crippen LogP contribution >= 0.6 is 0 Å². The highest BCUT2D eigenvalue weighted by Gasteiger charge is 2.24. The normalized spacial score (nSPS) is 11.6. The van der Waals surface area contributed by atoms with Crippen molar-refractivity contribution in [3.8, 4) is 0 Å². The molecular formula is C13H19NO5S. The molecule has 0 aliphatic rings. The summed E-state index contributed by atoms with van der Waals surface area (Å²) in [6.45, 7) is 0.505. The predicted molar refractivity (Wildman–Crippen MR) is 73.7 cm³/mol. The van der Waals surface area contributed by atoms with Crippen molar-refractivity contribution < 1.29 is 22.7 Å². The number of carbonyl (C=O) groups is 1. The minimum atomic E-state index is -3.63. The Hall–Kier alpha value is -1.44. The van der Waals surface area contributed by atoms with Gasteiger partial charge in [0, 0.05) is 20.2 Å². The predicted octanol–water partition coefficient (Wildman–Crippen LogP) is 0.887. The Morgan fingerprint density at radius 1 is 1.15 bits per heavy atom. The fourth-order valence-electron chi connectivity index (χ4n) is 1.60. The van der Waals surface area contributed by atoms with Crippen molar-refractivity contribution in [2.24, 2.45) is 0 Å². The monoisotopic (exact) mass is 301 g/mol. The molecule has 0 bridgehead atoms. The van der Waals surface area contributed by atoms with Crippen LogP contribution in [0.4, 0.5) is 0 Å². The van der Waals surface area contributed by atoms with Gasteiger partial charge >= 0.3 is 5.97 Å². The van der Waals surface area contributed by atoms with Gasteiger partial charge in [-0.3, -0.25) is 4.79 Å². The maximum atomic E-state index is 12.5. The summed E-state index contributed by atoms with van der Waals surface area (Å²) in [7, 11) is -0.867. The number of rotatable bonds is 8. The second-order valence-electron chi connectivity index (χ2n) is 4.04. The minimum absolute atomic E-state index is 0.00623. The van der Waals surface area contributed by atoms with Gasteiger partial charge in [0.25, 0.3) is 0 Å². The van der Waals surface area contributed by atoms with E-state index >= 15 is 0 Å². The number of benzene rings is 1. The van der Waals surface area contributed by atoms with E-state index in [9.17, 15) is 13.2 Å². The van der Waals surface area contributed by atoms with E-state index in [2.05, 4.69) is 4.74 Å². The van der Waals surface area contributed by atoms with Crippen molar-refractivity contribution in [2.75, 3.05) is 33.9 Å². The van der Waals surface area contributed by atoms with Crippen LogP contribution in [-0.2, 0) is 24.3 Å². The first-order chi connectivity index (χ1) is 9.52. The van der Waals surface area contributed by atoms with Crippen molar-refractivity contribution >= 4 is 16.0 Å². The van der Waals surface area contributed by atoms with Crippen LogP contribution in [0, 0.1) is 0 Å². The van der Waals surface area contributed by atoms with Crippen LogP contribution in [0.5, 0.6) is 0 Å². The molecule has 0 aromatic heterocycles. The molecule has 0 saturated carbocycles. The quantitative estimate of drug-likeness (QED) is 0.667. The van der Waals surface area contributed by atoms with Crippen LogP contribution < -0.4 is 0 Å². The van der Waals surface area contributed by atoms with Gasteiger partial charge in [-0.2, -0.15) is 4.31 Å². The second kappa shape index (κ2) is 7.98. The number of hydrogen-bond donors (Lipinski definition) is 0. The first-order valence-corrected chi connectivity index (χ1v) is 7.57. The van der Waals surface area contributed by atoms with Gasteiger partial charge in [0.15, 0.2) is 0 Å². The van der Waals surface area contributed by atoms with Crippen molar-refractivity contribution in [3.05, 3.63) is 30.3 Å². The molecule has 20 heavy (non-hydrogen) atoms. The summed E-state index contributed by atoms with van der Waals surface area (Å²) in [6.07, 6.45) is 0.00623. The lowest BCUT2D eigenvalue weighted by molar-refractivity contribution is -0.140. The zero-order chi connectivity index (χ0) is 15.0. The summed E-state index contributed by atoms with van der Waals surface area (Å²) in [5, 5.41) is 0. The fraction of sp³-hybridized carbons (Fsp3) is 0.462. The second-order valence-corrected chi connectivity index (χ2v) is 5.97. The number of carbonyl (C=O) groups excluding carboxylic acids is 1. The topological polar surface area (TPSA) is 72.9 Å². The standard InChI is InChI=1S/C13H19NO5S/c1-18-11-10-14(9-8-13(15)19-2)20(16,17)12-6-4-3-5-7-12/h3-7H,8-11H2,1-2H3. The Balaban J connectivity index is 2.88. The largest absolute Gasteiger partial charge is 0.469 e. The molecule has 0 saturated heterocycles. The highest BCUT2D eigenvalue weighted by Crippen LogP contribution is 2.15. The Labute approximate surface area is 119 Å². The molecule has 1 aromatic rings. The average Bonchev–Trinajstić information content (AvgIpc) is 2.47. The fourth-order valence-corrected chi connectivity index (χ4v) is 3.05. The molecule has 6 nitrogen and oxygen atoms in total. The molecule has 1 rings (SSSR count). The molecule has 0 atom stereocenters. The van der Waals surface area contributed by atoms with Gasteiger partial charge < -0.3 is 9.47 Å². The van der Waals surface area contributed by atoms with Gasteiger partial charge in [0.2, 0.25) is 10.0 Å². The molecule has 0 N–H and O–H groups in total. The van der Waals surface area contributed by atoms with Gasteiger partial charge in [0.1, 0.15) is 0 Å². The molecule has 0 spiro atoms. The molecule has 0 unspecified atom stereocenters. The first kappa shape index (κ1) is 16.6. The van der Waals surface area contributed by atoms with Gasteiger partial charge in [-0.25, -0.2) is 8.42 Å². The Kier molecular flexibility index (Phi) is 6.63. The van der Waals surface area contributed by atoms with E-state index in [-0.39, 0.29) is 31.0 Å². The lowest BCUT2D eigenvalue weighted by Gasteiger charge is -2.21. The van der Waals surface area contributed by atoms with Gasteiger partial charge in [-0.15, -0.1) is 0 Å². The molecule has 1 aromatic carbocycles. The van der Waals surface area contributed by atoms with Crippen LogP contribution in [-0.4, -0.2) is 52.6 Å². The van der Waals surface area contributed by atoms with E-state index < -0.39 is 16.0 Å². The Bertz CT molecular complexity index is 515. The third-order valence-electron chi connectivity index (χ3n) is 2.72. The summed E-state index contributed by atoms with van der Waals surface area (Å²) in [5.41, 5.74) is 0. The van der Waals surface area contributed by atoms with Crippen molar-refractivity contribution in [1.29, 1.82) is 0 Å². The zero-order valence-electron chi connectivity index (χ0n) is 11.6. The van der Waals surface area contributed by atoms with Gasteiger partial charge in [-0.05, 0) is 12.1 Å². The van der Waals surface area contributed by atoms with Crippen LogP contribution in [0.15, 0.2) is 35.2 Å². The van der Waals surface area contributed by atoms with Crippen molar-refractivity contribution in [3.63, 3.8) is 0 Å². The number of ether oxygens (including phenoxy) is 2. The van der Waals surface area contributed by atoms with Crippen molar-refractivity contribution in [2.45, 2.75) is 11.3 Å². The van der Waals surface area contributed by atoms with Crippen LogP contribution in [0.25, 0.3) is 0 Å². The first-order valence-electron chi connectivity index (χ1n) is 6.13. The van der Waals surface area contributed by atoms with E-state index in [1.165, 1.54) is 30.7 Å². The maximum absolute atomic E-state index is 12.5. The summed E-state index contributed by atoms with van der Waals surface area (Å²) in [5.74, 6) is -0.448. The molecular weight excluding hydrogens is 282 g/mol. The number of methoxy groups -OCH3 is 2. The molecule has 7 heteroatoms. The molecule has 0 amide bonds. The summed E-state index contributed by atoms with van der Waals surface area (Å²) in [4.78, 5) is 11.4. The number of hydrogen-bond acceptors (Lipinski definition) is 5. The summed E-state index contributed by atoms with van der Waals surface area (Å²) < 4.78 is 35.6. The Morgan fingerprint density at radius 2 is 1.80 bits per heavy atom. The molecule has 0 heterocycles. The smallest absolute Gasteiger partial charge is 0.306 e. The lowest BCUT2D eigenvalue weighted by atomic mass is 10.4. The molecule has 0 aliphatic carbocycles. The third-order valence-corrected chi connectivity index (χ3v) is 4.63. The van der Waals surface area contributed by atoms with E-state index in [1.807, 2.05) is 0 Å². The molecule has 0 radical (unpaired) electrons. The van der Waals surface area contributed by atoms with Crippen LogP contribution in [0.1, 0.15) is 6.42 Å². The van der Waals surface area contributed by atoms with Gasteiger partial charge in [0.05, 0.1) is 25.0 Å². The third kappa shape index (κ3) is 4.59. The highest BCUT2D eigenvalue weighted by atomic mass is 32.2. The number of sulfonamides is 1. The highest BCUT2D eigenvalue weighted by molar-refractivity contribution is 7.89. The van der Waals surface area contributed by atoms with Crippen LogP contribution in [0.3, 0.4) is 0 Å². The van der Waals surface area contributed by atoms with E-state index in [0.29, 0.717) is 0 Å². The Morgan fingerprint density at radius 3 is 2.35 bits per heavy atom. The zero-order valence-corrected chi connectivity index (χ0v) is 12.4. The molecule has 0 fully saturated rings. The van der Waals surface area contributed by atoms with Crippen molar-refractivity contribution in [1.82, 2.24) is 4.31 Å². The number of nitrogens with zero attached hydrogens (tertiary/aromatic N) is 1. The number of esters is 1. The minimum Gasteiger partial charge on any atom is -0.469 e. The van der Waals surface area contributed by atoms with Crippen LogP contribution in [0.2, 0.25) is 0 Å². The maximum Gasteiger partial charge on any atom is 0.306 e.